The van der Waals surface area contributed by atoms with Crippen molar-refractivity contribution in [1.82, 2.24) is 26.2 Å². The number of aromatic nitrogens is 1. The van der Waals surface area contributed by atoms with E-state index in [0.717, 1.165) is 5.56 Å². The summed E-state index contributed by atoms with van der Waals surface area (Å²) in [5, 5.41) is 9.93. The number of rotatable bonds is 14. The highest BCUT2D eigenvalue weighted by molar-refractivity contribution is 5.90. The maximum Gasteiger partial charge on any atom is 0.414 e. The van der Waals surface area contributed by atoms with Gasteiger partial charge in [0.15, 0.2) is 0 Å². The monoisotopic (exact) mass is 541 g/mol. The predicted molar refractivity (Wildman–Crippen MR) is 130 cm³/mol. The lowest BCUT2D eigenvalue weighted by molar-refractivity contribution is -0.132. The average Bonchev–Trinajstić information content (AvgIpc) is 3.54. The molecule has 208 valence electrons. The van der Waals surface area contributed by atoms with Crippen LogP contribution in [0.25, 0.3) is 0 Å². The number of likely N-dealkylation sites (N-methyl/N-ethyl adjacent to an activating group) is 2. The van der Waals surface area contributed by atoms with Crippen LogP contribution < -0.4 is 25.9 Å². The number of nitrogens with zero attached hydrogens (tertiary/aromatic N) is 4. The molecule has 0 spiro atoms. The van der Waals surface area contributed by atoms with Crippen LogP contribution in [0.4, 0.5) is 29.3 Å². The molecule has 1 aliphatic rings. The van der Waals surface area contributed by atoms with Crippen molar-refractivity contribution in [3.05, 3.63) is 42.0 Å². The molecule has 0 radical (unpaired) electrons. The zero-order chi connectivity index (χ0) is 27.7. The molecular formula is C23H30F3N7O5. The Labute approximate surface area is 217 Å². The second-order valence-electron chi connectivity index (χ2n) is 8.37. The molecule has 0 bridgehead atoms. The molecule has 1 aromatic carbocycles. The van der Waals surface area contributed by atoms with Gasteiger partial charge >= 0.3 is 12.5 Å². The van der Waals surface area contributed by atoms with Crippen molar-refractivity contribution in [2.24, 2.45) is 0 Å². The van der Waals surface area contributed by atoms with E-state index in [1.807, 2.05) is 12.2 Å². The normalized spacial score (nSPS) is 15.1. The summed E-state index contributed by atoms with van der Waals surface area (Å²) in [4.78, 5) is 38.4. The molecule has 1 saturated heterocycles. The Morgan fingerprint density at radius 2 is 2.11 bits per heavy atom. The number of hydrogen-bond acceptors (Lipinski definition) is 9. The van der Waals surface area contributed by atoms with Crippen LogP contribution >= 0.6 is 0 Å². The Balaban J connectivity index is 1.48. The second kappa shape index (κ2) is 13.6. The van der Waals surface area contributed by atoms with Gasteiger partial charge in [-0.15, -0.1) is 0 Å². The number of carbonyl (C=O) groups excluding carboxylic acids is 3. The fourth-order valence-corrected chi connectivity index (χ4v) is 3.69. The summed E-state index contributed by atoms with van der Waals surface area (Å²) in [6.45, 7) is 3.30. The molecular weight excluding hydrogens is 511 g/mol. The van der Waals surface area contributed by atoms with Crippen LogP contribution in [0.1, 0.15) is 12.5 Å². The minimum Gasteiger partial charge on any atom is -0.442 e. The van der Waals surface area contributed by atoms with Gasteiger partial charge in [0.1, 0.15) is 18.2 Å². The zero-order valence-electron chi connectivity index (χ0n) is 21.0. The largest absolute Gasteiger partial charge is 0.442 e. The summed E-state index contributed by atoms with van der Waals surface area (Å²) >= 11 is 0. The summed E-state index contributed by atoms with van der Waals surface area (Å²) in [5.74, 6) is -2.22. The molecule has 2 heterocycles. The molecule has 38 heavy (non-hydrogen) atoms. The van der Waals surface area contributed by atoms with Crippen LogP contribution in [-0.4, -0.2) is 86.9 Å². The number of halogens is 3. The molecule has 0 unspecified atom stereocenters. The van der Waals surface area contributed by atoms with Crippen LogP contribution in [-0.2, 0) is 20.9 Å². The zero-order valence-corrected chi connectivity index (χ0v) is 21.0. The van der Waals surface area contributed by atoms with Crippen molar-refractivity contribution >= 4 is 29.3 Å². The highest BCUT2D eigenvalue weighted by atomic mass is 19.3. The number of carbonyl (C=O) groups is 3. The van der Waals surface area contributed by atoms with E-state index < -0.39 is 30.3 Å². The molecule has 12 nitrogen and oxygen atoms in total. The van der Waals surface area contributed by atoms with Crippen molar-refractivity contribution in [1.29, 1.82) is 0 Å². The molecule has 2 aromatic rings. The van der Waals surface area contributed by atoms with E-state index in [0.29, 0.717) is 31.9 Å². The number of anilines is 2. The van der Waals surface area contributed by atoms with Crippen molar-refractivity contribution in [2.45, 2.75) is 26.0 Å². The molecule has 15 heteroatoms. The average molecular weight is 542 g/mol. The van der Waals surface area contributed by atoms with E-state index in [-0.39, 0.29) is 31.2 Å². The number of amides is 3. The third-order valence-corrected chi connectivity index (χ3v) is 5.74. The van der Waals surface area contributed by atoms with E-state index >= 15 is 4.39 Å². The molecule has 3 rings (SSSR count). The molecule has 0 saturated carbocycles. The number of hydrogen-bond donors (Lipinski definition) is 3. The summed E-state index contributed by atoms with van der Waals surface area (Å²) in [7, 11) is 1.59. The fourth-order valence-electron chi connectivity index (χ4n) is 3.69. The van der Waals surface area contributed by atoms with Crippen molar-refractivity contribution in [3.63, 3.8) is 0 Å². The number of hydrazine groups is 1. The summed E-state index contributed by atoms with van der Waals surface area (Å²) in [5.41, 5.74) is 4.33. The second-order valence-corrected chi connectivity index (χ2v) is 8.37. The van der Waals surface area contributed by atoms with E-state index in [9.17, 15) is 23.2 Å². The first-order valence-corrected chi connectivity index (χ1v) is 11.9. The third-order valence-electron chi connectivity index (χ3n) is 5.74. The molecule has 1 aliphatic heterocycles. The standard InChI is InChI=1S/C23H30F3N7O5/c1-3-32(7-6-29-31(2)20(34)12-27-9-15-10-30-37-14-15)19-5-4-16(8-18(19)24)33-13-17(38-23(33)36)11-28-22(35)21(25)26/h4-5,8,10,14,17,21,27,29H,3,6-7,9,11-13H2,1-2H3,(H,28,35)/t17-/m0/s1. The van der Waals surface area contributed by atoms with Crippen molar-refractivity contribution in [2.75, 3.05) is 56.1 Å². The van der Waals surface area contributed by atoms with Crippen LogP contribution in [0, 0.1) is 5.82 Å². The fraction of sp³-hybridized carbons (Fsp3) is 0.478. The van der Waals surface area contributed by atoms with E-state index in [1.165, 1.54) is 28.3 Å². The van der Waals surface area contributed by atoms with Gasteiger partial charge in [-0.2, -0.15) is 8.78 Å². The Morgan fingerprint density at radius 3 is 2.76 bits per heavy atom. The SMILES string of the molecule is CCN(CCNN(C)C(=O)CNCc1cnoc1)c1ccc(N2C[C@H](CNC(=O)C(F)F)OC2=O)cc1F. The Kier molecular flexibility index (Phi) is 10.3. The van der Waals surface area contributed by atoms with Gasteiger partial charge in [0.25, 0.3) is 5.91 Å². The first-order valence-electron chi connectivity index (χ1n) is 11.9. The van der Waals surface area contributed by atoms with Gasteiger partial charge in [-0.1, -0.05) is 5.16 Å². The van der Waals surface area contributed by atoms with Crippen LogP contribution in [0.2, 0.25) is 0 Å². The summed E-state index contributed by atoms with van der Waals surface area (Å²) < 4.78 is 49.5. The molecule has 1 atom stereocenters. The van der Waals surface area contributed by atoms with Crippen molar-refractivity contribution < 1.29 is 36.8 Å². The van der Waals surface area contributed by atoms with E-state index in [4.69, 9.17) is 9.26 Å². The molecule has 1 fully saturated rings. The number of cyclic esters (lactones) is 1. The first-order chi connectivity index (χ1) is 18.2. The lowest BCUT2D eigenvalue weighted by atomic mass is 10.2. The van der Waals surface area contributed by atoms with Gasteiger partial charge in [-0.05, 0) is 25.1 Å². The van der Waals surface area contributed by atoms with Gasteiger partial charge in [-0.3, -0.25) is 19.5 Å². The molecule has 1 aromatic heterocycles. The third kappa shape index (κ3) is 7.82. The Hall–Kier alpha value is -3.85. The summed E-state index contributed by atoms with van der Waals surface area (Å²) in [6, 6.07) is 4.26. The summed E-state index contributed by atoms with van der Waals surface area (Å²) in [6.07, 6.45) is -1.75. The van der Waals surface area contributed by atoms with Gasteiger partial charge in [-0.25, -0.2) is 14.6 Å². The number of benzene rings is 1. The maximum atomic E-state index is 15.0. The van der Waals surface area contributed by atoms with E-state index in [2.05, 4.69) is 15.9 Å². The topological polar surface area (TPSA) is 132 Å². The minimum absolute atomic E-state index is 0.0310. The van der Waals surface area contributed by atoms with Crippen LogP contribution in [0.3, 0.4) is 0 Å². The predicted octanol–water partition coefficient (Wildman–Crippen LogP) is 1.10. The van der Waals surface area contributed by atoms with Gasteiger partial charge < -0.3 is 24.8 Å². The maximum absolute atomic E-state index is 15.0. The number of nitrogens with one attached hydrogen (secondary N) is 3. The Bertz CT molecular complexity index is 1090. The molecule has 0 aliphatic carbocycles. The van der Waals surface area contributed by atoms with Gasteiger partial charge in [0.05, 0.1) is 37.2 Å². The smallest absolute Gasteiger partial charge is 0.414 e. The lowest BCUT2D eigenvalue weighted by Crippen LogP contribution is -2.46. The number of alkyl halides is 2. The Morgan fingerprint density at radius 1 is 1.32 bits per heavy atom. The van der Waals surface area contributed by atoms with Gasteiger partial charge in [0, 0.05) is 38.8 Å². The quantitative estimate of drug-likeness (QED) is 0.301. The highest BCUT2D eigenvalue weighted by Crippen LogP contribution is 2.27. The van der Waals surface area contributed by atoms with Crippen LogP contribution in [0.5, 0.6) is 0 Å². The van der Waals surface area contributed by atoms with Crippen molar-refractivity contribution in [3.8, 4) is 0 Å². The van der Waals surface area contributed by atoms with E-state index in [1.54, 1.807) is 24.2 Å². The van der Waals surface area contributed by atoms with Crippen LogP contribution in [0.15, 0.2) is 35.2 Å². The lowest BCUT2D eigenvalue weighted by Gasteiger charge is -2.26. The van der Waals surface area contributed by atoms with Gasteiger partial charge in [0.2, 0.25) is 5.91 Å². The molecule has 3 amide bonds. The highest BCUT2D eigenvalue weighted by Gasteiger charge is 2.33. The minimum atomic E-state index is -3.17. The first kappa shape index (κ1) is 28.7. The number of ether oxygens (including phenoxy) is 1. The molecule has 3 N–H and O–H groups in total.